The van der Waals surface area contributed by atoms with Crippen molar-refractivity contribution in [3.8, 4) is 6.07 Å². The molecule has 0 saturated heterocycles. The number of benzene rings is 2. The number of carbonyl (C=O) groups excluding carboxylic acids is 1. The number of carbonyl (C=O) groups is 1. The molecule has 0 amide bonds. The topological polar surface area (TPSA) is 87.5 Å². The molecule has 2 aromatic carbocycles. The highest BCUT2D eigenvalue weighted by atomic mass is 32.2. The van der Waals surface area contributed by atoms with E-state index in [1.54, 1.807) is 19.9 Å². The van der Waals surface area contributed by atoms with Crippen molar-refractivity contribution in [2.45, 2.75) is 32.1 Å². The highest BCUT2D eigenvalue weighted by molar-refractivity contribution is 7.89. The van der Waals surface area contributed by atoms with Crippen LogP contribution in [0.15, 0.2) is 47.4 Å². The number of hydrogen-bond acceptors (Lipinski definition) is 5. The molecule has 0 aliphatic heterocycles. The van der Waals surface area contributed by atoms with Crippen molar-refractivity contribution >= 4 is 16.0 Å². The first-order chi connectivity index (χ1) is 13.3. The maximum Gasteiger partial charge on any atom is 0.322 e. The van der Waals surface area contributed by atoms with Gasteiger partial charge in [0.25, 0.3) is 0 Å². The zero-order chi connectivity index (χ0) is 20.7. The van der Waals surface area contributed by atoms with E-state index in [9.17, 15) is 13.2 Å². The molecule has 0 saturated carbocycles. The van der Waals surface area contributed by atoms with E-state index in [0.29, 0.717) is 17.5 Å². The number of esters is 1. The van der Waals surface area contributed by atoms with Crippen molar-refractivity contribution in [1.29, 1.82) is 5.26 Å². The van der Waals surface area contributed by atoms with Gasteiger partial charge in [0.05, 0.1) is 4.90 Å². The van der Waals surface area contributed by atoms with E-state index in [0.717, 1.165) is 15.4 Å². The van der Waals surface area contributed by atoms with E-state index in [4.69, 9.17) is 10.00 Å². The minimum Gasteiger partial charge on any atom is -0.449 e. The summed E-state index contributed by atoms with van der Waals surface area (Å²) in [5, 5.41) is 8.58. The van der Waals surface area contributed by atoms with Crippen molar-refractivity contribution in [1.82, 2.24) is 4.31 Å². The minimum atomic E-state index is -3.92. The van der Waals surface area contributed by atoms with E-state index in [2.05, 4.69) is 0 Å². The summed E-state index contributed by atoms with van der Waals surface area (Å²) in [7, 11) is -3.92. The van der Waals surface area contributed by atoms with Crippen LogP contribution >= 0.6 is 0 Å². The Morgan fingerprint density at radius 1 is 1.11 bits per heavy atom. The molecule has 2 rings (SSSR count). The summed E-state index contributed by atoms with van der Waals surface area (Å²) in [5.41, 5.74) is 3.20. The Balaban J connectivity index is 2.36. The molecule has 28 heavy (non-hydrogen) atoms. The Hall–Kier alpha value is -2.69. The fourth-order valence-corrected chi connectivity index (χ4v) is 4.98. The van der Waals surface area contributed by atoms with Crippen molar-refractivity contribution < 1.29 is 17.9 Å². The molecule has 0 N–H and O–H groups in total. The molecule has 2 aromatic rings. The minimum absolute atomic E-state index is 0.126. The number of rotatable bonds is 8. The Morgan fingerprint density at radius 3 is 2.29 bits per heavy atom. The molecule has 0 unspecified atom stereocenters. The third-order valence-electron chi connectivity index (χ3n) is 4.30. The van der Waals surface area contributed by atoms with Crippen LogP contribution in [0.5, 0.6) is 0 Å². The van der Waals surface area contributed by atoms with Gasteiger partial charge >= 0.3 is 5.97 Å². The predicted molar refractivity (Wildman–Crippen MR) is 106 cm³/mol. The van der Waals surface area contributed by atoms with E-state index in [1.807, 2.05) is 49.4 Å². The molecule has 0 aliphatic carbocycles. The third kappa shape index (κ3) is 5.41. The maximum atomic E-state index is 13.4. The Morgan fingerprint density at radius 2 is 1.71 bits per heavy atom. The van der Waals surface area contributed by atoms with Gasteiger partial charge < -0.3 is 4.74 Å². The van der Waals surface area contributed by atoms with E-state index in [1.165, 1.54) is 0 Å². The van der Waals surface area contributed by atoms with Crippen LogP contribution in [0.3, 0.4) is 0 Å². The van der Waals surface area contributed by atoms with Crippen molar-refractivity contribution in [3.63, 3.8) is 0 Å². The van der Waals surface area contributed by atoms with Gasteiger partial charge in [-0.15, -0.1) is 0 Å². The van der Waals surface area contributed by atoms with Crippen molar-refractivity contribution in [2.24, 2.45) is 0 Å². The lowest BCUT2D eigenvalue weighted by atomic mass is 10.1. The van der Waals surface area contributed by atoms with Crippen molar-refractivity contribution in [3.05, 3.63) is 64.7 Å². The summed E-state index contributed by atoms with van der Waals surface area (Å²) in [6.07, 6.45) is 0.454. The van der Waals surface area contributed by atoms with Crippen LogP contribution in [-0.2, 0) is 26.0 Å². The number of aryl methyl sites for hydroxylation is 3. The molecular weight excluding hydrogens is 376 g/mol. The molecule has 6 nitrogen and oxygen atoms in total. The summed E-state index contributed by atoms with van der Waals surface area (Å²) in [6.45, 7) is 4.67. The number of hydrogen-bond donors (Lipinski definition) is 0. The Kier molecular flexibility index (Phi) is 7.32. The van der Waals surface area contributed by atoms with Gasteiger partial charge in [-0.3, -0.25) is 4.79 Å². The van der Waals surface area contributed by atoms with Gasteiger partial charge in [-0.25, -0.2) is 8.42 Å². The molecule has 0 aromatic heterocycles. The number of nitriles is 1. The van der Waals surface area contributed by atoms with Gasteiger partial charge in [-0.1, -0.05) is 48.0 Å². The molecule has 0 atom stereocenters. The zero-order valence-electron chi connectivity index (χ0n) is 16.3. The van der Waals surface area contributed by atoms with Crippen LogP contribution in [0, 0.1) is 32.1 Å². The van der Waals surface area contributed by atoms with Crippen LogP contribution in [0.4, 0.5) is 0 Å². The quantitative estimate of drug-likeness (QED) is 0.636. The van der Waals surface area contributed by atoms with Crippen LogP contribution < -0.4 is 0 Å². The SMILES string of the molecule is Cc1cc(C)c(S(=O)(=O)N(CCc2ccccc2)CC(=O)OCC#N)c(C)c1. The summed E-state index contributed by atoms with van der Waals surface area (Å²) >= 11 is 0. The van der Waals surface area contributed by atoms with E-state index >= 15 is 0 Å². The van der Waals surface area contributed by atoms with Crippen LogP contribution in [0.1, 0.15) is 22.3 Å². The monoisotopic (exact) mass is 400 g/mol. The number of ether oxygens (including phenoxy) is 1. The smallest absolute Gasteiger partial charge is 0.322 e. The average Bonchev–Trinajstić information content (AvgIpc) is 2.63. The lowest BCUT2D eigenvalue weighted by Gasteiger charge is -2.23. The molecule has 0 fully saturated rings. The molecule has 0 spiro atoms. The van der Waals surface area contributed by atoms with E-state index in [-0.39, 0.29) is 11.4 Å². The first-order valence-electron chi connectivity index (χ1n) is 8.90. The van der Waals surface area contributed by atoms with Gasteiger partial charge in [-0.05, 0) is 43.9 Å². The van der Waals surface area contributed by atoms with Gasteiger partial charge in [0.1, 0.15) is 12.6 Å². The van der Waals surface area contributed by atoms with Crippen LogP contribution in [-0.4, -0.2) is 38.4 Å². The van der Waals surface area contributed by atoms with Gasteiger partial charge in [0, 0.05) is 6.54 Å². The lowest BCUT2D eigenvalue weighted by Crippen LogP contribution is -2.38. The molecule has 0 aliphatic rings. The third-order valence-corrected chi connectivity index (χ3v) is 6.45. The fraction of sp³-hybridized carbons (Fsp3) is 0.333. The summed E-state index contributed by atoms with van der Waals surface area (Å²) in [4.78, 5) is 12.3. The molecule has 0 heterocycles. The fourth-order valence-electron chi connectivity index (χ4n) is 3.19. The standard InChI is InChI=1S/C21H24N2O4S/c1-16-13-17(2)21(18(3)14-16)28(25,26)23(15-20(24)27-12-10-22)11-9-19-7-5-4-6-8-19/h4-8,13-14H,9,11-12,15H2,1-3H3. The van der Waals surface area contributed by atoms with Crippen LogP contribution in [0.2, 0.25) is 0 Å². The second-order valence-electron chi connectivity index (χ2n) is 6.62. The summed E-state index contributed by atoms with van der Waals surface area (Å²) in [5.74, 6) is -0.749. The molecular formula is C21H24N2O4S. The zero-order valence-corrected chi connectivity index (χ0v) is 17.1. The highest BCUT2D eigenvalue weighted by Crippen LogP contribution is 2.25. The summed E-state index contributed by atoms with van der Waals surface area (Å²) in [6, 6.07) is 14.8. The van der Waals surface area contributed by atoms with Gasteiger partial charge in [-0.2, -0.15) is 9.57 Å². The normalized spacial score (nSPS) is 11.2. The number of nitrogens with zero attached hydrogens (tertiary/aromatic N) is 2. The second-order valence-corrected chi connectivity index (χ2v) is 8.50. The molecule has 0 radical (unpaired) electrons. The number of sulfonamides is 1. The molecule has 7 heteroatoms. The second kappa shape index (κ2) is 9.49. The predicted octanol–water partition coefficient (Wildman–Crippen LogP) is 2.91. The van der Waals surface area contributed by atoms with Gasteiger partial charge in [0.15, 0.2) is 6.61 Å². The largest absolute Gasteiger partial charge is 0.449 e. The Labute approximate surface area is 166 Å². The van der Waals surface area contributed by atoms with Gasteiger partial charge in [0.2, 0.25) is 10.0 Å². The average molecular weight is 401 g/mol. The van der Waals surface area contributed by atoms with E-state index < -0.39 is 29.1 Å². The first-order valence-corrected chi connectivity index (χ1v) is 10.3. The highest BCUT2D eigenvalue weighted by Gasteiger charge is 2.30. The molecule has 0 bridgehead atoms. The molecule has 148 valence electrons. The maximum absolute atomic E-state index is 13.4. The first kappa shape index (κ1) is 21.6. The Bertz CT molecular complexity index is 956. The van der Waals surface area contributed by atoms with Crippen molar-refractivity contribution in [2.75, 3.05) is 19.7 Å². The summed E-state index contributed by atoms with van der Waals surface area (Å²) < 4.78 is 32.6. The van der Waals surface area contributed by atoms with Crippen LogP contribution in [0.25, 0.3) is 0 Å². The lowest BCUT2D eigenvalue weighted by molar-refractivity contribution is -0.142.